The van der Waals surface area contributed by atoms with Gasteiger partial charge in [0.2, 0.25) is 0 Å². The lowest BCUT2D eigenvalue weighted by atomic mass is 9.97. The quantitative estimate of drug-likeness (QED) is 0.310. The second-order valence-corrected chi connectivity index (χ2v) is 8.82. The molecule has 6 nitrogen and oxygen atoms in total. The Labute approximate surface area is 209 Å². The summed E-state index contributed by atoms with van der Waals surface area (Å²) in [6.45, 7) is 8.12. The highest BCUT2D eigenvalue weighted by Gasteiger charge is 2.41. The molecule has 5 heterocycles. The van der Waals surface area contributed by atoms with Gasteiger partial charge in [-0.15, -0.1) is 0 Å². The van der Waals surface area contributed by atoms with Crippen molar-refractivity contribution in [3.05, 3.63) is 87.9 Å². The van der Waals surface area contributed by atoms with E-state index in [-0.39, 0.29) is 11.5 Å². The molecule has 0 spiro atoms. The summed E-state index contributed by atoms with van der Waals surface area (Å²) in [5, 5.41) is 0. The van der Waals surface area contributed by atoms with Gasteiger partial charge in [-0.2, -0.15) is 0 Å². The van der Waals surface area contributed by atoms with Crippen LogP contribution >= 0.6 is 0 Å². The second-order valence-electron chi connectivity index (χ2n) is 8.82. The van der Waals surface area contributed by atoms with Gasteiger partial charge in [0.15, 0.2) is 0 Å². The van der Waals surface area contributed by atoms with Gasteiger partial charge in [-0.3, -0.25) is 0 Å². The maximum Gasteiger partial charge on any atom is 0.726 e. The molecular formula is C27H30BF2N4O2-. The first kappa shape index (κ1) is 24.0. The lowest BCUT2D eigenvalue weighted by molar-refractivity contribution is 0.171. The lowest BCUT2D eigenvalue weighted by Crippen LogP contribution is -2.34. The zero-order valence-corrected chi connectivity index (χ0v) is 21.0. The van der Waals surface area contributed by atoms with Crippen molar-refractivity contribution in [2.24, 2.45) is 4.99 Å². The van der Waals surface area contributed by atoms with Crippen molar-refractivity contribution in [3.8, 4) is 11.4 Å². The molecule has 3 N–H and O–H groups in total. The molecule has 0 aliphatic carbocycles. The molecule has 0 radical (unpaired) electrons. The summed E-state index contributed by atoms with van der Waals surface area (Å²) in [4.78, 5) is 14.6. The molecule has 2 aliphatic rings. The van der Waals surface area contributed by atoms with E-state index in [9.17, 15) is 8.63 Å². The van der Waals surface area contributed by atoms with Gasteiger partial charge in [0, 0.05) is 18.5 Å². The van der Waals surface area contributed by atoms with Crippen LogP contribution in [0.15, 0.2) is 70.3 Å². The van der Waals surface area contributed by atoms with Crippen molar-refractivity contribution >= 4 is 18.6 Å². The third kappa shape index (κ3) is 4.02. The number of nitrogens with one attached hydrogen (secondary N) is 3. The maximum atomic E-state index is 15.0. The molecule has 0 saturated carbocycles. The molecule has 0 aromatic carbocycles. The van der Waals surface area contributed by atoms with E-state index in [1.54, 1.807) is 6.08 Å². The Kier molecular flexibility index (Phi) is 6.24. The third-order valence-corrected chi connectivity index (χ3v) is 6.78. The van der Waals surface area contributed by atoms with E-state index in [1.807, 2.05) is 57.4 Å². The Morgan fingerprint density at radius 2 is 1.44 bits per heavy atom. The van der Waals surface area contributed by atoms with Crippen LogP contribution in [0.3, 0.4) is 0 Å². The van der Waals surface area contributed by atoms with Gasteiger partial charge in [0.25, 0.3) is 0 Å². The van der Waals surface area contributed by atoms with E-state index in [0.29, 0.717) is 24.2 Å². The van der Waals surface area contributed by atoms with Crippen LogP contribution in [0.2, 0.25) is 0 Å². The predicted molar refractivity (Wildman–Crippen MR) is 139 cm³/mol. The zero-order valence-electron chi connectivity index (χ0n) is 21.0. The summed E-state index contributed by atoms with van der Waals surface area (Å²) in [5.41, 5.74) is 8.34. The minimum atomic E-state index is -4.59. The predicted octanol–water partition coefficient (Wildman–Crippen LogP) is 7.06. The number of H-pyrrole nitrogens is 3. The van der Waals surface area contributed by atoms with Crippen molar-refractivity contribution in [2.75, 3.05) is 0 Å². The molecule has 0 saturated heterocycles. The van der Waals surface area contributed by atoms with E-state index in [1.165, 1.54) is 0 Å². The number of allylic oxidation sites excluding steroid dienone is 3. The smallest absolute Gasteiger partial charge is 0.626 e. The van der Waals surface area contributed by atoms with Gasteiger partial charge in [-0.1, -0.05) is 27.7 Å². The van der Waals surface area contributed by atoms with Crippen molar-refractivity contribution in [2.45, 2.75) is 53.4 Å². The summed E-state index contributed by atoms with van der Waals surface area (Å²) in [5.74, 6) is 0.0943. The summed E-state index contributed by atoms with van der Waals surface area (Å²) in [6, 6.07) is 7.70. The first-order valence-corrected chi connectivity index (χ1v) is 12.6. The number of hydrogen-bond acceptors (Lipinski definition) is 3. The fourth-order valence-corrected chi connectivity index (χ4v) is 5.24. The topological polar surface area (TPSA) is 78.2 Å². The summed E-state index contributed by atoms with van der Waals surface area (Å²) in [6.07, 6.45) is 8.00. The molecule has 188 valence electrons. The molecule has 3 aromatic heterocycles. The van der Waals surface area contributed by atoms with E-state index in [2.05, 4.69) is 21.9 Å². The van der Waals surface area contributed by atoms with Crippen LogP contribution in [0.1, 0.15) is 63.1 Å². The van der Waals surface area contributed by atoms with Crippen molar-refractivity contribution in [3.63, 3.8) is 0 Å². The van der Waals surface area contributed by atoms with Crippen LogP contribution < -0.4 is 0 Å². The molecule has 5 rings (SSSR count). The summed E-state index contributed by atoms with van der Waals surface area (Å²) >= 11 is 0. The average Bonchev–Trinajstić information content (AvgIpc) is 3.66. The Balaban J connectivity index is 1.70. The van der Waals surface area contributed by atoms with E-state index >= 15 is 0 Å². The molecule has 0 fully saturated rings. The van der Waals surface area contributed by atoms with Crippen LogP contribution in [0.25, 0.3) is 17.1 Å². The summed E-state index contributed by atoms with van der Waals surface area (Å²) < 4.78 is 40.3. The largest absolute Gasteiger partial charge is 0.726 e. The van der Waals surface area contributed by atoms with E-state index in [4.69, 9.17) is 14.3 Å². The van der Waals surface area contributed by atoms with Crippen LogP contribution in [-0.2, 0) is 22.2 Å². The van der Waals surface area contributed by atoms with Crippen molar-refractivity contribution < 1.29 is 17.9 Å². The average molecular weight is 491 g/mol. The molecular weight excluding hydrogens is 461 g/mol. The number of aromatic nitrogens is 3. The number of aliphatic imine (C=N–C) groups is 1. The fraction of sp³-hybridized carbons (Fsp3) is 0.296. The van der Waals surface area contributed by atoms with Crippen molar-refractivity contribution in [1.29, 1.82) is 0 Å². The molecule has 3 aromatic rings. The lowest BCUT2D eigenvalue weighted by Gasteiger charge is -2.35. The molecule has 2 aliphatic heterocycles. The number of hydrogen-bond donors (Lipinski definition) is 3. The fourth-order valence-electron chi connectivity index (χ4n) is 5.24. The first-order valence-electron chi connectivity index (χ1n) is 12.6. The number of nitrogens with zero attached hydrogens (tertiary/aromatic N) is 1. The Hall–Kier alpha value is -3.75. The van der Waals surface area contributed by atoms with Crippen LogP contribution in [-0.4, -0.2) is 27.8 Å². The van der Waals surface area contributed by atoms with Gasteiger partial charge >= 0.3 is 7.11 Å². The summed E-state index contributed by atoms with van der Waals surface area (Å²) in [7, 11) is -4.59. The second kappa shape index (κ2) is 9.37. The van der Waals surface area contributed by atoms with E-state index < -0.39 is 7.11 Å². The van der Waals surface area contributed by atoms with Gasteiger partial charge in [-0.25, -0.2) is 4.99 Å². The molecule has 0 bridgehead atoms. The monoisotopic (exact) mass is 491 g/mol. The highest BCUT2D eigenvalue weighted by atomic mass is 19.3. The SMILES string of the molecule is CCC1=C(CC)/C(=C2\C=C(c3[nH]c(-c4ccc[nH]4)c(CC)c3CC)O[B-](F)(F)O2)N=C1c1ccc[nH]1. The molecule has 0 amide bonds. The highest BCUT2D eigenvalue weighted by molar-refractivity contribution is 6.53. The van der Waals surface area contributed by atoms with Gasteiger partial charge < -0.3 is 32.9 Å². The Morgan fingerprint density at radius 3 is 2.03 bits per heavy atom. The normalized spacial score (nSPS) is 19.3. The molecule has 0 atom stereocenters. The minimum Gasteiger partial charge on any atom is -0.626 e. The molecule has 36 heavy (non-hydrogen) atoms. The maximum absolute atomic E-state index is 15.0. The van der Waals surface area contributed by atoms with Gasteiger partial charge in [-0.05, 0) is 72.2 Å². The highest BCUT2D eigenvalue weighted by Crippen LogP contribution is 2.41. The Morgan fingerprint density at radius 1 is 0.806 bits per heavy atom. The third-order valence-electron chi connectivity index (χ3n) is 6.78. The van der Waals surface area contributed by atoms with Crippen LogP contribution in [0.4, 0.5) is 8.63 Å². The van der Waals surface area contributed by atoms with Crippen LogP contribution in [0, 0.1) is 0 Å². The van der Waals surface area contributed by atoms with Gasteiger partial charge in [0.05, 0.1) is 28.5 Å². The number of aromatic amines is 3. The van der Waals surface area contributed by atoms with E-state index in [0.717, 1.165) is 57.9 Å². The standard InChI is InChI=1S/C27H30BF2N4O2/c1-5-16-18(7-3)26(33-24(16)20-11-9-13-31-20)22-15-23(36-28(29,30)35-22)27-19(8-4)17(6-2)25(34-27)21-12-10-14-32-21/h9-15,31-33H,5-8H2,1-4H3/q-1/b27-23-. The Bertz CT molecular complexity index is 1390. The number of rotatable bonds is 7. The van der Waals surface area contributed by atoms with Crippen molar-refractivity contribution in [1.82, 2.24) is 15.0 Å². The molecule has 0 unspecified atom stereocenters. The molecule has 9 heteroatoms. The van der Waals surface area contributed by atoms with Crippen LogP contribution in [0.5, 0.6) is 0 Å². The van der Waals surface area contributed by atoms with Gasteiger partial charge in [0.1, 0.15) is 17.2 Å². The minimum absolute atomic E-state index is 0.0294. The first-order chi connectivity index (χ1) is 17.4. The zero-order chi connectivity index (χ0) is 25.4. The number of halogens is 2.